The van der Waals surface area contributed by atoms with Gasteiger partial charge in [0, 0.05) is 18.4 Å². The van der Waals surface area contributed by atoms with Crippen molar-refractivity contribution >= 4 is 0 Å². The number of hydrogen-bond acceptors (Lipinski definition) is 3. The zero-order valence-electron chi connectivity index (χ0n) is 14.0. The Labute approximate surface area is 140 Å². The maximum absolute atomic E-state index is 10.7. The van der Waals surface area contributed by atoms with E-state index in [0.717, 1.165) is 38.8 Å². The third kappa shape index (κ3) is 4.56. The summed E-state index contributed by atoms with van der Waals surface area (Å²) in [6.07, 6.45) is 13.9. The molecule has 0 spiro atoms. The van der Waals surface area contributed by atoms with E-state index in [1.165, 1.54) is 37.7 Å². The zero-order valence-corrected chi connectivity index (χ0v) is 14.0. The molecule has 3 rings (SSSR count). The lowest BCUT2D eigenvalue weighted by Gasteiger charge is -2.34. The van der Waals surface area contributed by atoms with Crippen LogP contribution in [0.5, 0.6) is 0 Å². The summed E-state index contributed by atoms with van der Waals surface area (Å²) < 4.78 is 0. The van der Waals surface area contributed by atoms with Gasteiger partial charge in [0.1, 0.15) is 5.60 Å². The second-order valence-corrected chi connectivity index (χ2v) is 7.02. The van der Waals surface area contributed by atoms with Crippen molar-refractivity contribution < 1.29 is 5.11 Å². The number of aliphatic hydroxyl groups is 1. The van der Waals surface area contributed by atoms with E-state index in [-0.39, 0.29) is 0 Å². The summed E-state index contributed by atoms with van der Waals surface area (Å²) in [4.78, 5) is 6.72. The van der Waals surface area contributed by atoms with Crippen molar-refractivity contribution in [2.75, 3.05) is 13.1 Å². The third-order valence-corrected chi connectivity index (χ3v) is 5.22. The molecule has 2 fully saturated rings. The van der Waals surface area contributed by atoms with Crippen molar-refractivity contribution in [2.24, 2.45) is 0 Å². The molecule has 23 heavy (non-hydrogen) atoms. The van der Waals surface area contributed by atoms with Gasteiger partial charge >= 0.3 is 0 Å². The van der Waals surface area contributed by atoms with Gasteiger partial charge < -0.3 is 5.11 Å². The summed E-state index contributed by atoms with van der Waals surface area (Å²) >= 11 is 0. The lowest BCUT2D eigenvalue weighted by Crippen LogP contribution is -2.34. The molecule has 0 radical (unpaired) electrons. The largest absolute Gasteiger partial charge is 0.378 e. The van der Waals surface area contributed by atoms with Crippen LogP contribution in [0.3, 0.4) is 0 Å². The first-order valence-electron chi connectivity index (χ1n) is 9.13. The molecule has 2 heterocycles. The highest BCUT2D eigenvalue weighted by Crippen LogP contribution is 2.30. The SMILES string of the molecule is OC1(C#CCN2CCCC[C@@H]2c2cccnc2)CCCCCC1. The predicted molar refractivity (Wildman–Crippen MR) is 92.8 cm³/mol. The van der Waals surface area contributed by atoms with E-state index in [9.17, 15) is 5.11 Å². The molecule has 0 bridgehead atoms. The first-order chi connectivity index (χ1) is 11.3. The molecule has 0 amide bonds. The number of pyridine rings is 1. The Balaban J connectivity index is 1.65. The van der Waals surface area contributed by atoms with E-state index in [2.05, 4.69) is 27.8 Å². The normalized spacial score (nSPS) is 25.2. The number of likely N-dealkylation sites (tertiary alicyclic amines) is 1. The highest BCUT2D eigenvalue weighted by Gasteiger charge is 2.26. The van der Waals surface area contributed by atoms with Gasteiger partial charge in [0.2, 0.25) is 0 Å². The molecule has 2 aliphatic rings. The van der Waals surface area contributed by atoms with Crippen molar-refractivity contribution in [1.82, 2.24) is 9.88 Å². The lowest BCUT2D eigenvalue weighted by molar-refractivity contribution is 0.0845. The molecule has 1 N–H and O–H groups in total. The van der Waals surface area contributed by atoms with Crippen LogP contribution in [0.1, 0.15) is 69.4 Å². The highest BCUT2D eigenvalue weighted by molar-refractivity contribution is 5.18. The Morgan fingerprint density at radius 1 is 1.17 bits per heavy atom. The summed E-state index contributed by atoms with van der Waals surface area (Å²) in [6.45, 7) is 1.84. The number of piperidine rings is 1. The Morgan fingerprint density at radius 2 is 2.00 bits per heavy atom. The fourth-order valence-corrected chi connectivity index (χ4v) is 3.87. The zero-order chi connectivity index (χ0) is 16.0. The molecule has 1 atom stereocenters. The van der Waals surface area contributed by atoms with Gasteiger partial charge in [0.25, 0.3) is 0 Å². The monoisotopic (exact) mass is 312 g/mol. The molecule has 1 saturated heterocycles. The predicted octanol–water partition coefficient (Wildman–Crippen LogP) is 3.70. The lowest BCUT2D eigenvalue weighted by atomic mass is 9.94. The van der Waals surface area contributed by atoms with Crippen molar-refractivity contribution in [2.45, 2.75) is 69.4 Å². The maximum Gasteiger partial charge on any atom is 0.125 e. The van der Waals surface area contributed by atoms with Gasteiger partial charge in [-0.3, -0.25) is 9.88 Å². The quantitative estimate of drug-likeness (QED) is 0.668. The molecule has 1 aliphatic heterocycles. The smallest absolute Gasteiger partial charge is 0.125 e. The fraction of sp³-hybridized carbons (Fsp3) is 0.650. The van der Waals surface area contributed by atoms with Crippen molar-refractivity contribution in [3.8, 4) is 11.8 Å². The minimum Gasteiger partial charge on any atom is -0.378 e. The molecule has 1 aliphatic carbocycles. The Bertz CT molecular complexity index is 538. The maximum atomic E-state index is 10.7. The second kappa shape index (κ2) is 7.95. The van der Waals surface area contributed by atoms with Crippen LogP contribution in [0.15, 0.2) is 24.5 Å². The number of hydrogen-bond donors (Lipinski definition) is 1. The molecule has 1 aromatic rings. The van der Waals surface area contributed by atoms with E-state index >= 15 is 0 Å². The van der Waals surface area contributed by atoms with E-state index in [4.69, 9.17) is 0 Å². The van der Waals surface area contributed by atoms with Gasteiger partial charge in [-0.1, -0.05) is 37.2 Å². The molecule has 0 aromatic carbocycles. The average Bonchev–Trinajstić information content (AvgIpc) is 2.81. The Kier molecular flexibility index (Phi) is 5.70. The third-order valence-electron chi connectivity index (χ3n) is 5.22. The van der Waals surface area contributed by atoms with Crippen LogP contribution < -0.4 is 0 Å². The molecule has 0 unspecified atom stereocenters. The Hall–Kier alpha value is -1.37. The topological polar surface area (TPSA) is 36.4 Å². The van der Waals surface area contributed by atoms with Crippen molar-refractivity contribution in [1.29, 1.82) is 0 Å². The second-order valence-electron chi connectivity index (χ2n) is 7.02. The summed E-state index contributed by atoms with van der Waals surface area (Å²) in [7, 11) is 0. The van der Waals surface area contributed by atoms with Gasteiger partial charge in [0.05, 0.1) is 6.54 Å². The summed E-state index contributed by atoms with van der Waals surface area (Å²) in [5.74, 6) is 6.50. The van der Waals surface area contributed by atoms with Gasteiger partial charge in [-0.25, -0.2) is 0 Å². The first kappa shape index (κ1) is 16.5. The molecule has 3 nitrogen and oxygen atoms in total. The molecular formula is C20H28N2O. The van der Waals surface area contributed by atoms with Crippen LogP contribution in [0.2, 0.25) is 0 Å². The van der Waals surface area contributed by atoms with Crippen LogP contribution in [0, 0.1) is 11.8 Å². The van der Waals surface area contributed by atoms with Gasteiger partial charge in [-0.2, -0.15) is 0 Å². The van der Waals surface area contributed by atoms with E-state index in [1.807, 2.05) is 18.5 Å². The van der Waals surface area contributed by atoms with Crippen LogP contribution >= 0.6 is 0 Å². The molecule has 1 saturated carbocycles. The van der Waals surface area contributed by atoms with Crippen LogP contribution in [0.25, 0.3) is 0 Å². The van der Waals surface area contributed by atoms with Crippen molar-refractivity contribution in [3.63, 3.8) is 0 Å². The summed E-state index contributed by atoms with van der Waals surface area (Å²) in [5, 5.41) is 10.7. The number of rotatable bonds is 2. The van der Waals surface area contributed by atoms with E-state index < -0.39 is 5.60 Å². The van der Waals surface area contributed by atoms with E-state index in [0.29, 0.717) is 6.04 Å². The summed E-state index contributed by atoms with van der Waals surface area (Å²) in [5.41, 5.74) is 0.554. The van der Waals surface area contributed by atoms with Crippen LogP contribution in [-0.4, -0.2) is 33.7 Å². The number of nitrogens with zero attached hydrogens (tertiary/aromatic N) is 2. The van der Waals surface area contributed by atoms with Gasteiger partial charge in [-0.15, -0.1) is 0 Å². The minimum absolute atomic E-state index is 0.426. The molecule has 1 aromatic heterocycles. The highest BCUT2D eigenvalue weighted by atomic mass is 16.3. The number of aromatic nitrogens is 1. The van der Waals surface area contributed by atoms with Gasteiger partial charge in [-0.05, 0) is 56.7 Å². The molecular weight excluding hydrogens is 284 g/mol. The van der Waals surface area contributed by atoms with Crippen LogP contribution in [-0.2, 0) is 0 Å². The summed E-state index contributed by atoms with van der Waals surface area (Å²) in [6, 6.07) is 4.61. The average molecular weight is 312 g/mol. The van der Waals surface area contributed by atoms with Gasteiger partial charge in [0.15, 0.2) is 0 Å². The molecule has 3 heteroatoms. The minimum atomic E-state index is -0.740. The first-order valence-corrected chi connectivity index (χ1v) is 9.13. The molecule has 124 valence electrons. The van der Waals surface area contributed by atoms with Crippen LogP contribution in [0.4, 0.5) is 0 Å². The standard InChI is InChI=1S/C20H28N2O/c23-20(11-4-1-2-5-12-20)13-8-16-22-15-6-3-10-19(22)18-9-7-14-21-17-18/h7,9,14,17,19,23H,1-6,10-12,15-16H2/t19-/m1/s1. The Morgan fingerprint density at radius 3 is 2.74 bits per heavy atom. The fourth-order valence-electron chi connectivity index (χ4n) is 3.87. The van der Waals surface area contributed by atoms with E-state index in [1.54, 1.807) is 0 Å². The van der Waals surface area contributed by atoms with Crippen molar-refractivity contribution in [3.05, 3.63) is 30.1 Å².